The molecule has 35 heavy (non-hydrogen) atoms. The monoisotopic (exact) mass is 467 g/mol. The summed E-state index contributed by atoms with van der Waals surface area (Å²) < 4.78 is 2.65. The number of anilines is 2. The summed E-state index contributed by atoms with van der Waals surface area (Å²) >= 11 is 1.87. The van der Waals surface area contributed by atoms with Crippen molar-refractivity contribution in [2.45, 2.75) is 19.3 Å². The summed E-state index contributed by atoms with van der Waals surface area (Å²) in [5, 5.41) is 6.36. The van der Waals surface area contributed by atoms with Crippen molar-refractivity contribution < 1.29 is 0 Å². The SMILES string of the molecule is CC1(C)c2ccccc2-c2ccc(Nc3ccc4sc5cccc(-c6ccccc6)c5c4c3)cc21. The second kappa shape index (κ2) is 7.56. The van der Waals surface area contributed by atoms with E-state index in [9.17, 15) is 0 Å². The summed E-state index contributed by atoms with van der Waals surface area (Å²) in [5.41, 5.74) is 10.3. The minimum atomic E-state index is 0.00170. The van der Waals surface area contributed by atoms with Crippen LogP contribution in [0.3, 0.4) is 0 Å². The van der Waals surface area contributed by atoms with Crippen LogP contribution in [-0.2, 0) is 5.41 Å². The molecule has 1 N–H and O–H groups in total. The summed E-state index contributed by atoms with van der Waals surface area (Å²) in [4.78, 5) is 0. The molecular weight excluding hydrogens is 442 g/mol. The molecular formula is C33H25NS. The zero-order valence-electron chi connectivity index (χ0n) is 19.8. The molecule has 0 unspecified atom stereocenters. The van der Waals surface area contributed by atoms with Crippen LogP contribution >= 0.6 is 11.3 Å². The van der Waals surface area contributed by atoms with E-state index in [-0.39, 0.29) is 5.41 Å². The number of hydrogen-bond acceptors (Lipinski definition) is 2. The molecule has 1 aromatic heterocycles. The van der Waals surface area contributed by atoms with Crippen molar-refractivity contribution in [3.8, 4) is 22.3 Å². The summed E-state index contributed by atoms with van der Waals surface area (Å²) in [6.45, 7) is 4.66. The Hall–Kier alpha value is -3.88. The number of benzene rings is 5. The summed E-state index contributed by atoms with van der Waals surface area (Å²) in [5.74, 6) is 0. The molecule has 5 aromatic carbocycles. The van der Waals surface area contributed by atoms with E-state index in [0.717, 1.165) is 11.4 Å². The van der Waals surface area contributed by atoms with Crippen LogP contribution in [0.15, 0.2) is 109 Å². The van der Waals surface area contributed by atoms with E-state index in [1.54, 1.807) is 0 Å². The van der Waals surface area contributed by atoms with E-state index >= 15 is 0 Å². The molecule has 6 aromatic rings. The van der Waals surface area contributed by atoms with Crippen molar-refractivity contribution in [3.05, 3.63) is 120 Å². The smallest absolute Gasteiger partial charge is 0.0391 e. The van der Waals surface area contributed by atoms with Crippen molar-refractivity contribution in [1.29, 1.82) is 0 Å². The van der Waals surface area contributed by atoms with Crippen LogP contribution in [0.5, 0.6) is 0 Å². The summed E-state index contributed by atoms with van der Waals surface area (Å²) in [6, 6.07) is 39.7. The lowest BCUT2D eigenvalue weighted by Crippen LogP contribution is -2.15. The van der Waals surface area contributed by atoms with Crippen LogP contribution in [0.25, 0.3) is 42.4 Å². The molecule has 1 nitrogen and oxygen atoms in total. The molecule has 0 amide bonds. The normalized spacial score (nSPS) is 13.7. The van der Waals surface area contributed by atoms with Gasteiger partial charge in [-0.15, -0.1) is 11.3 Å². The van der Waals surface area contributed by atoms with Crippen molar-refractivity contribution in [3.63, 3.8) is 0 Å². The van der Waals surface area contributed by atoms with Crippen LogP contribution in [-0.4, -0.2) is 0 Å². The molecule has 0 aliphatic heterocycles. The molecule has 0 bridgehead atoms. The predicted octanol–water partition coefficient (Wildman–Crippen LogP) is 9.77. The maximum atomic E-state index is 3.71. The van der Waals surface area contributed by atoms with Gasteiger partial charge in [-0.2, -0.15) is 0 Å². The number of rotatable bonds is 3. The fourth-order valence-electron chi connectivity index (χ4n) is 5.71. The van der Waals surface area contributed by atoms with Crippen molar-refractivity contribution in [2.75, 3.05) is 5.32 Å². The molecule has 0 saturated carbocycles. The highest BCUT2D eigenvalue weighted by atomic mass is 32.1. The van der Waals surface area contributed by atoms with Gasteiger partial charge in [-0.1, -0.05) is 86.6 Å². The Labute approximate surface area is 209 Å². The van der Waals surface area contributed by atoms with Crippen molar-refractivity contribution >= 4 is 42.9 Å². The molecule has 2 heteroatoms. The minimum absolute atomic E-state index is 0.00170. The first-order valence-electron chi connectivity index (χ1n) is 12.1. The van der Waals surface area contributed by atoms with E-state index in [0.29, 0.717) is 0 Å². The molecule has 1 aliphatic carbocycles. The van der Waals surface area contributed by atoms with Crippen LogP contribution in [0.2, 0.25) is 0 Å². The second-order valence-electron chi connectivity index (χ2n) is 9.91. The Morgan fingerprint density at radius 3 is 2.17 bits per heavy atom. The summed E-state index contributed by atoms with van der Waals surface area (Å²) in [6.07, 6.45) is 0. The maximum absolute atomic E-state index is 3.71. The predicted molar refractivity (Wildman–Crippen MR) is 152 cm³/mol. The van der Waals surface area contributed by atoms with Gasteiger partial charge in [0, 0.05) is 37.0 Å². The number of nitrogens with one attached hydrogen (secondary N) is 1. The lowest BCUT2D eigenvalue weighted by molar-refractivity contribution is 0.660. The first-order valence-corrected chi connectivity index (χ1v) is 12.9. The average Bonchev–Trinajstić information content (AvgIpc) is 3.37. The van der Waals surface area contributed by atoms with E-state index in [1.165, 1.54) is 53.6 Å². The molecule has 168 valence electrons. The van der Waals surface area contributed by atoms with Gasteiger partial charge < -0.3 is 5.32 Å². The first-order chi connectivity index (χ1) is 17.1. The zero-order valence-corrected chi connectivity index (χ0v) is 20.6. The third-order valence-corrected chi connectivity index (χ3v) is 8.59. The zero-order chi connectivity index (χ0) is 23.6. The van der Waals surface area contributed by atoms with E-state index in [2.05, 4.69) is 128 Å². The Balaban J connectivity index is 1.32. The van der Waals surface area contributed by atoms with Crippen molar-refractivity contribution in [2.24, 2.45) is 0 Å². The van der Waals surface area contributed by atoms with Gasteiger partial charge in [0.1, 0.15) is 0 Å². The van der Waals surface area contributed by atoms with E-state index in [1.807, 2.05) is 11.3 Å². The number of thiophene rings is 1. The molecule has 7 rings (SSSR count). The highest BCUT2D eigenvalue weighted by Crippen LogP contribution is 2.49. The standard InChI is InChI=1S/C33H25NS/c1-33(2)28-13-7-6-11-25(28)26-17-15-23(20-29(26)33)34-22-16-18-30-27(19-22)32-24(12-8-14-31(32)35-30)21-9-4-3-5-10-21/h3-20,34H,1-2H3. The van der Waals surface area contributed by atoms with Gasteiger partial charge in [0.05, 0.1) is 0 Å². The molecule has 1 aliphatic rings. The van der Waals surface area contributed by atoms with Gasteiger partial charge in [-0.3, -0.25) is 0 Å². The largest absolute Gasteiger partial charge is 0.355 e. The molecule has 0 saturated heterocycles. The van der Waals surface area contributed by atoms with Crippen molar-refractivity contribution in [1.82, 2.24) is 0 Å². The summed E-state index contributed by atoms with van der Waals surface area (Å²) in [7, 11) is 0. The quantitative estimate of drug-likeness (QED) is 0.273. The molecule has 0 radical (unpaired) electrons. The Morgan fingerprint density at radius 2 is 1.29 bits per heavy atom. The molecule has 0 fully saturated rings. The van der Waals surface area contributed by atoms with E-state index < -0.39 is 0 Å². The average molecular weight is 468 g/mol. The van der Waals surface area contributed by atoms with Gasteiger partial charge in [0.25, 0.3) is 0 Å². The highest BCUT2D eigenvalue weighted by molar-refractivity contribution is 7.26. The maximum Gasteiger partial charge on any atom is 0.0391 e. The van der Waals surface area contributed by atoms with Gasteiger partial charge in [0.15, 0.2) is 0 Å². The van der Waals surface area contributed by atoms with Gasteiger partial charge in [-0.05, 0) is 69.8 Å². The lowest BCUT2D eigenvalue weighted by Gasteiger charge is -2.22. The van der Waals surface area contributed by atoms with Gasteiger partial charge in [-0.25, -0.2) is 0 Å². The van der Waals surface area contributed by atoms with E-state index in [4.69, 9.17) is 0 Å². The molecule has 1 heterocycles. The molecule has 0 spiro atoms. The topological polar surface area (TPSA) is 12.0 Å². The highest BCUT2D eigenvalue weighted by Gasteiger charge is 2.35. The Bertz CT molecular complexity index is 1740. The Morgan fingerprint density at radius 1 is 0.571 bits per heavy atom. The van der Waals surface area contributed by atoms with Gasteiger partial charge in [0.2, 0.25) is 0 Å². The molecule has 0 atom stereocenters. The number of fused-ring (bicyclic) bond motifs is 6. The fraction of sp³-hybridized carbons (Fsp3) is 0.0909. The number of hydrogen-bond donors (Lipinski definition) is 1. The van der Waals surface area contributed by atoms with Crippen LogP contribution < -0.4 is 5.32 Å². The third-order valence-electron chi connectivity index (χ3n) is 7.45. The first kappa shape index (κ1) is 20.5. The van der Waals surface area contributed by atoms with Crippen LogP contribution in [0.1, 0.15) is 25.0 Å². The van der Waals surface area contributed by atoms with Crippen LogP contribution in [0.4, 0.5) is 11.4 Å². The van der Waals surface area contributed by atoms with Crippen LogP contribution in [0, 0.1) is 0 Å². The lowest BCUT2D eigenvalue weighted by atomic mass is 9.82. The van der Waals surface area contributed by atoms with Gasteiger partial charge >= 0.3 is 0 Å². The second-order valence-corrected chi connectivity index (χ2v) is 11.0. The third kappa shape index (κ3) is 3.14. The fourth-order valence-corrected chi connectivity index (χ4v) is 6.82. The minimum Gasteiger partial charge on any atom is -0.355 e. The Kier molecular flexibility index (Phi) is 4.43.